The van der Waals surface area contributed by atoms with Crippen molar-refractivity contribution in [3.63, 3.8) is 0 Å². The molecule has 1 aromatic heterocycles. The third kappa shape index (κ3) is 3.16. The standard InChI is InChI=1S/C10H16N4O2/c1-4-7(11)9(15)14-10-12-6(2)5-8(13-10)16-3/h5,7H,4,11H2,1-3H3,(H,12,13,14,15). The first-order chi connectivity index (χ1) is 7.56. The minimum atomic E-state index is -0.546. The molecule has 1 atom stereocenters. The van der Waals surface area contributed by atoms with Gasteiger partial charge in [0.05, 0.1) is 13.2 Å². The number of methoxy groups -OCH3 is 1. The molecule has 0 aliphatic heterocycles. The van der Waals surface area contributed by atoms with Gasteiger partial charge in [-0.15, -0.1) is 0 Å². The van der Waals surface area contributed by atoms with Crippen molar-refractivity contribution in [1.82, 2.24) is 9.97 Å². The third-order valence-corrected chi connectivity index (χ3v) is 2.05. The van der Waals surface area contributed by atoms with Crippen molar-refractivity contribution in [1.29, 1.82) is 0 Å². The summed E-state index contributed by atoms with van der Waals surface area (Å²) >= 11 is 0. The quantitative estimate of drug-likeness (QED) is 0.775. The van der Waals surface area contributed by atoms with Gasteiger partial charge >= 0.3 is 0 Å². The highest BCUT2D eigenvalue weighted by molar-refractivity contribution is 5.93. The van der Waals surface area contributed by atoms with Crippen molar-refractivity contribution >= 4 is 11.9 Å². The maximum atomic E-state index is 11.5. The Morgan fingerprint density at radius 2 is 2.31 bits per heavy atom. The smallest absolute Gasteiger partial charge is 0.243 e. The van der Waals surface area contributed by atoms with Crippen molar-refractivity contribution in [3.8, 4) is 5.88 Å². The van der Waals surface area contributed by atoms with Crippen molar-refractivity contribution in [3.05, 3.63) is 11.8 Å². The molecule has 0 aromatic carbocycles. The molecule has 1 amide bonds. The number of ether oxygens (including phenoxy) is 1. The molecular weight excluding hydrogens is 208 g/mol. The van der Waals surface area contributed by atoms with Gasteiger partial charge in [-0.3, -0.25) is 10.1 Å². The fourth-order valence-corrected chi connectivity index (χ4v) is 1.09. The summed E-state index contributed by atoms with van der Waals surface area (Å²) < 4.78 is 4.97. The molecule has 88 valence electrons. The first-order valence-electron chi connectivity index (χ1n) is 5.03. The van der Waals surface area contributed by atoms with E-state index in [0.717, 1.165) is 0 Å². The summed E-state index contributed by atoms with van der Waals surface area (Å²) in [5, 5.41) is 2.54. The van der Waals surface area contributed by atoms with Crippen LogP contribution in [0.3, 0.4) is 0 Å². The van der Waals surface area contributed by atoms with Gasteiger partial charge < -0.3 is 10.5 Å². The summed E-state index contributed by atoms with van der Waals surface area (Å²) in [6.45, 7) is 3.63. The summed E-state index contributed by atoms with van der Waals surface area (Å²) in [5.41, 5.74) is 6.29. The highest BCUT2D eigenvalue weighted by Crippen LogP contribution is 2.11. The number of hydrogen-bond donors (Lipinski definition) is 2. The van der Waals surface area contributed by atoms with Crippen LogP contribution in [0, 0.1) is 6.92 Å². The molecular formula is C10H16N4O2. The number of aromatic nitrogens is 2. The number of amides is 1. The lowest BCUT2D eigenvalue weighted by Crippen LogP contribution is -2.35. The Morgan fingerprint density at radius 1 is 1.62 bits per heavy atom. The van der Waals surface area contributed by atoms with Crippen molar-refractivity contribution in [2.75, 3.05) is 12.4 Å². The molecule has 6 nitrogen and oxygen atoms in total. The number of nitrogens with one attached hydrogen (secondary N) is 1. The van der Waals surface area contributed by atoms with Gasteiger partial charge in [0.1, 0.15) is 0 Å². The van der Waals surface area contributed by atoms with Gasteiger partial charge in [0.15, 0.2) is 0 Å². The van der Waals surface area contributed by atoms with E-state index in [-0.39, 0.29) is 11.9 Å². The number of nitrogens with two attached hydrogens (primary N) is 1. The van der Waals surface area contributed by atoms with Crippen molar-refractivity contribution in [2.45, 2.75) is 26.3 Å². The predicted molar refractivity (Wildman–Crippen MR) is 60.2 cm³/mol. The average molecular weight is 224 g/mol. The number of nitrogens with zero attached hydrogens (tertiary/aromatic N) is 2. The fourth-order valence-electron chi connectivity index (χ4n) is 1.09. The zero-order valence-electron chi connectivity index (χ0n) is 9.65. The zero-order chi connectivity index (χ0) is 12.1. The molecule has 1 aromatic rings. The summed E-state index contributed by atoms with van der Waals surface area (Å²) in [4.78, 5) is 19.5. The summed E-state index contributed by atoms with van der Waals surface area (Å²) in [5.74, 6) is 0.328. The molecule has 0 bridgehead atoms. The van der Waals surface area contributed by atoms with Crippen LogP contribution in [-0.2, 0) is 4.79 Å². The van der Waals surface area contributed by atoms with Gasteiger partial charge in [0.2, 0.25) is 17.7 Å². The van der Waals surface area contributed by atoms with E-state index in [1.165, 1.54) is 7.11 Å². The minimum Gasteiger partial charge on any atom is -0.481 e. The molecule has 0 aliphatic rings. The third-order valence-electron chi connectivity index (χ3n) is 2.05. The molecule has 0 aliphatic carbocycles. The Kier molecular flexibility index (Phi) is 4.19. The summed E-state index contributed by atoms with van der Waals surface area (Å²) in [6.07, 6.45) is 0.564. The number of aryl methyl sites for hydroxylation is 1. The van der Waals surface area contributed by atoms with Crippen LogP contribution in [0.5, 0.6) is 5.88 Å². The maximum absolute atomic E-state index is 11.5. The molecule has 3 N–H and O–H groups in total. The lowest BCUT2D eigenvalue weighted by atomic mass is 10.2. The lowest BCUT2D eigenvalue weighted by molar-refractivity contribution is -0.117. The second-order valence-electron chi connectivity index (χ2n) is 3.38. The SMILES string of the molecule is CCC(N)C(=O)Nc1nc(C)cc(OC)n1. The van der Waals surface area contributed by atoms with Gasteiger partial charge in [-0.1, -0.05) is 6.92 Å². The van der Waals surface area contributed by atoms with Crippen molar-refractivity contribution < 1.29 is 9.53 Å². The molecule has 1 rings (SSSR count). The molecule has 0 radical (unpaired) electrons. The van der Waals surface area contributed by atoms with Gasteiger partial charge in [-0.2, -0.15) is 4.98 Å². The van der Waals surface area contributed by atoms with Gasteiger partial charge in [-0.05, 0) is 13.3 Å². The molecule has 16 heavy (non-hydrogen) atoms. The van der Waals surface area contributed by atoms with Gasteiger partial charge in [0.25, 0.3) is 0 Å². The molecule has 1 unspecified atom stereocenters. The second-order valence-corrected chi connectivity index (χ2v) is 3.38. The van der Waals surface area contributed by atoms with Crippen LogP contribution in [0.2, 0.25) is 0 Å². The van der Waals surface area contributed by atoms with Crippen molar-refractivity contribution in [2.24, 2.45) is 5.73 Å². The Hall–Kier alpha value is -1.69. The van der Waals surface area contributed by atoms with Crippen LogP contribution in [-0.4, -0.2) is 29.0 Å². The zero-order valence-corrected chi connectivity index (χ0v) is 9.65. The topological polar surface area (TPSA) is 90.1 Å². The highest BCUT2D eigenvalue weighted by atomic mass is 16.5. The van der Waals surface area contributed by atoms with E-state index in [2.05, 4.69) is 15.3 Å². The summed E-state index contributed by atoms with van der Waals surface area (Å²) in [6, 6.07) is 1.13. The van der Waals surface area contributed by atoms with E-state index in [1.54, 1.807) is 13.0 Å². The van der Waals surface area contributed by atoms with E-state index in [1.807, 2.05) is 6.92 Å². The highest BCUT2D eigenvalue weighted by Gasteiger charge is 2.13. The maximum Gasteiger partial charge on any atom is 0.243 e. The Morgan fingerprint density at radius 3 is 2.88 bits per heavy atom. The lowest BCUT2D eigenvalue weighted by Gasteiger charge is -2.09. The number of carbonyl (C=O) groups excluding carboxylic acids is 1. The van der Waals surface area contributed by atoms with Crippen LogP contribution in [0.1, 0.15) is 19.0 Å². The fraction of sp³-hybridized carbons (Fsp3) is 0.500. The average Bonchev–Trinajstić information content (AvgIpc) is 2.26. The first-order valence-corrected chi connectivity index (χ1v) is 5.03. The van der Waals surface area contributed by atoms with Crippen LogP contribution in [0.15, 0.2) is 6.07 Å². The molecule has 0 saturated carbocycles. The largest absolute Gasteiger partial charge is 0.481 e. The van der Waals surface area contributed by atoms with Crippen LogP contribution >= 0.6 is 0 Å². The Balaban J connectivity index is 2.81. The van der Waals surface area contributed by atoms with Crippen LogP contribution in [0.4, 0.5) is 5.95 Å². The molecule has 0 fully saturated rings. The normalized spacial score (nSPS) is 12.0. The molecule has 6 heteroatoms. The number of carbonyl (C=O) groups is 1. The van der Waals surface area contributed by atoms with E-state index in [9.17, 15) is 4.79 Å². The van der Waals surface area contributed by atoms with Gasteiger partial charge in [-0.25, -0.2) is 4.98 Å². The monoisotopic (exact) mass is 224 g/mol. The Bertz CT molecular complexity index is 381. The number of anilines is 1. The molecule has 0 saturated heterocycles. The molecule has 0 spiro atoms. The van der Waals surface area contributed by atoms with Crippen LogP contribution < -0.4 is 15.8 Å². The van der Waals surface area contributed by atoms with E-state index in [4.69, 9.17) is 10.5 Å². The summed E-state index contributed by atoms with van der Waals surface area (Å²) in [7, 11) is 1.51. The second kappa shape index (κ2) is 5.41. The number of hydrogen-bond acceptors (Lipinski definition) is 5. The van der Waals surface area contributed by atoms with Crippen LogP contribution in [0.25, 0.3) is 0 Å². The van der Waals surface area contributed by atoms with E-state index >= 15 is 0 Å². The van der Waals surface area contributed by atoms with E-state index in [0.29, 0.717) is 18.0 Å². The first kappa shape index (κ1) is 12.4. The minimum absolute atomic E-state index is 0.214. The number of rotatable bonds is 4. The van der Waals surface area contributed by atoms with E-state index < -0.39 is 6.04 Å². The van der Waals surface area contributed by atoms with Gasteiger partial charge in [0, 0.05) is 11.8 Å². The predicted octanol–water partition coefficient (Wildman–Crippen LogP) is 0.469. The Labute approximate surface area is 94.2 Å². The molecule has 1 heterocycles.